The Morgan fingerprint density at radius 1 is 1.03 bits per heavy atom. The summed E-state index contributed by atoms with van der Waals surface area (Å²) in [4.78, 5) is 29.6. The molecule has 3 aliphatic rings. The zero-order valence-electron chi connectivity index (χ0n) is 19.1. The Kier molecular flexibility index (Phi) is 6.11. The molecule has 2 heterocycles. The number of carbonyl (C=O) groups excluding carboxylic acids is 2. The maximum absolute atomic E-state index is 13.3. The van der Waals surface area contributed by atoms with E-state index in [1.54, 1.807) is 0 Å². The zero-order valence-corrected chi connectivity index (χ0v) is 19.1. The molecule has 2 aliphatic heterocycles. The molecule has 1 aliphatic carbocycles. The summed E-state index contributed by atoms with van der Waals surface area (Å²) in [6, 6.07) is 13.6. The number of rotatable bonds is 7. The molecule has 2 aromatic rings. The van der Waals surface area contributed by atoms with Gasteiger partial charge in [-0.2, -0.15) is 0 Å². The number of carbonyl (C=O) groups is 2. The predicted octanol–water partition coefficient (Wildman–Crippen LogP) is 4.21. The molecule has 0 radical (unpaired) electrons. The summed E-state index contributed by atoms with van der Waals surface area (Å²) in [5, 5.41) is 3.55. The molecular weight excluding hydrogens is 418 g/mol. The third-order valence-corrected chi connectivity index (χ3v) is 6.55. The third kappa shape index (κ3) is 4.49. The van der Waals surface area contributed by atoms with E-state index in [2.05, 4.69) is 5.32 Å². The van der Waals surface area contributed by atoms with Crippen molar-refractivity contribution in [3.05, 3.63) is 53.6 Å². The number of ether oxygens (including phenoxy) is 2. The van der Waals surface area contributed by atoms with Crippen LogP contribution in [-0.4, -0.2) is 54.0 Å². The number of para-hydroxylation sites is 1. The molecule has 0 unspecified atom stereocenters. The number of piperidine rings is 1. The van der Waals surface area contributed by atoms with Crippen molar-refractivity contribution in [3.63, 3.8) is 0 Å². The summed E-state index contributed by atoms with van der Waals surface area (Å²) >= 11 is 0. The Hall–Kier alpha value is -3.22. The molecule has 2 amide bonds. The second-order valence-electron chi connectivity index (χ2n) is 8.91. The van der Waals surface area contributed by atoms with E-state index in [4.69, 9.17) is 9.47 Å². The van der Waals surface area contributed by atoms with E-state index in [1.807, 2.05) is 59.2 Å². The van der Waals surface area contributed by atoms with Crippen LogP contribution >= 0.6 is 0 Å². The number of amides is 2. The van der Waals surface area contributed by atoms with Gasteiger partial charge < -0.3 is 24.6 Å². The van der Waals surface area contributed by atoms with Crippen LogP contribution in [-0.2, 0) is 4.79 Å². The first-order valence-electron chi connectivity index (χ1n) is 12.0. The average molecular weight is 450 g/mol. The van der Waals surface area contributed by atoms with E-state index in [0.717, 1.165) is 50.0 Å². The molecule has 5 rings (SSSR count). The number of fused-ring (bicyclic) bond motifs is 1. The monoisotopic (exact) mass is 449 g/mol. The number of hydrogen-bond acceptors (Lipinski definition) is 5. The summed E-state index contributed by atoms with van der Waals surface area (Å²) in [6.07, 6.45) is 5.05. The fraction of sp³-hybridized carbons (Fsp3) is 0.462. The van der Waals surface area contributed by atoms with Gasteiger partial charge in [-0.25, -0.2) is 0 Å². The van der Waals surface area contributed by atoms with Crippen molar-refractivity contribution in [3.8, 4) is 11.5 Å². The first-order valence-corrected chi connectivity index (χ1v) is 12.0. The highest BCUT2D eigenvalue weighted by atomic mass is 16.5. The molecule has 7 nitrogen and oxygen atoms in total. The van der Waals surface area contributed by atoms with Crippen molar-refractivity contribution < 1.29 is 19.1 Å². The molecule has 1 N–H and O–H groups in total. The topological polar surface area (TPSA) is 71.1 Å². The van der Waals surface area contributed by atoms with Gasteiger partial charge in [-0.3, -0.25) is 9.59 Å². The minimum Gasteiger partial charge on any atom is -0.490 e. The zero-order chi connectivity index (χ0) is 22.8. The van der Waals surface area contributed by atoms with Crippen LogP contribution in [0.15, 0.2) is 42.5 Å². The van der Waals surface area contributed by atoms with Crippen LogP contribution in [0.3, 0.4) is 0 Å². The molecule has 1 saturated heterocycles. The van der Waals surface area contributed by atoms with Gasteiger partial charge >= 0.3 is 0 Å². The number of benzene rings is 2. The summed E-state index contributed by atoms with van der Waals surface area (Å²) < 4.78 is 11.8. The number of nitrogens with one attached hydrogen (secondary N) is 1. The Balaban J connectivity index is 1.37. The van der Waals surface area contributed by atoms with Crippen LogP contribution < -0.4 is 14.8 Å². The van der Waals surface area contributed by atoms with Crippen LogP contribution in [0.5, 0.6) is 11.5 Å². The third-order valence-electron chi connectivity index (χ3n) is 6.55. The van der Waals surface area contributed by atoms with E-state index in [-0.39, 0.29) is 30.6 Å². The second kappa shape index (κ2) is 9.33. The van der Waals surface area contributed by atoms with Crippen LogP contribution in [0.25, 0.3) is 0 Å². The standard InChI is InChI=1S/C26H31N3O4/c1-2-32-23-16-18(10-13-22(23)33-17-24(30)28-14-6-3-7-15-28)25-27-21-9-5-4-8-20(21)26(31)29(25)19-11-12-19/h4-5,8-10,13,16,19,25,27H,2-3,6-7,11-12,14-15,17H2,1H3/t25-/m1/s1. The molecule has 7 heteroatoms. The van der Waals surface area contributed by atoms with Gasteiger partial charge in [0.2, 0.25) is 0 Å². The van der Waals surface area contributed by atoms with E-state index in [1.165, 1.54) is 6.42 Å². The Morgan fingerprint density at radius 3 is 2.58 bits per heavy atom. The molecule has 0 bridgehead atoms. The SMILES string of the molecule is CCOc1cc([C@@H]2Nc3ccccc3C(=O)N2C2CC2)ccc1OCC(=O)N1CCCCC1. The molecule has 174 valence electrons. The fourth-order valence-electron chi connectivity index (χ4n) is 4.70. The lowest BCUT2D eigenvalue weighted by Crippen LogP contribution is -2.44. The molecular formula is C26H31N3O4. The molecule has 0 aromatic heterocycles. The van der Waals surface area contributed by atoms with Crippen LogP contribution in [0.4, 0.5) is 5.69 Å². The Bertz CT molecular complexity index is 1030. The van der Waals surface area contributed by atoms with Gasteiger partial charge in [0.15, 0.2) is 18.1 Å². The second-order valence-corrected chi connectivity index (χ2v) is 8.91. The average Bonchev–Trinajstić information content (AvgIpc) is 3.69. The molecule has 2 fully saturated rings. The minimum atomic E-state index is -0.275. The predicted molar refractivity (Wildman–Crippen MR) is 126 cm³/mol. The number of hydrogen-bond donors (Lipinski definition) is 1. The quantitative estimate of drug-likeness (QED) is 0.686. The molecule has 1 atom stereocenters. The lowest BCUT2D eigenvalue weighted by molar-refractivity contribution is -0.134. The van der Waals surface area contributed by atoms with Crippen molar-refractivity contribution in [1.29, 1.82) is 0 Å². The molecule has 33 heavy (non-hydrogen) atoms. The van der Waals surface area contributed by atoms with Gasteiger partial charge in [-0.05, 0) is 68.9 Å². The van der Waals surface area contributed by atoms with Crippen LogP contribution in [0.2, 0.25) is 0 Å². The highest BCUT2D eigenvalue weighted by Crippen LogP contribution is 2.42. The van der Waals surface area contributed by atoms with E-state index in [0.29, 0.717) is 23.7 Å². The molecule has 0 spiro atoms. The first kappa shape index (κ1) is 21.6. The van der Waals surface area contributed by atoms with Gasteiger partial charge in [0.05, 0.1) is 12.2 Å². The summed E-state index contributed by atoms with van der Waals surface area (Å²) in [7, 11) is 0. The Labute approximate surface area is 194 Å². The van der Waals surface area contributed by atoms with Crippen molar-refractivity contribution in [2.75, 3.05) is 31.6 Å². The first-order chi connectivity index (χ1) is 16.2. The number of anilines is 1. The molecule has 1 saturated carbocycles. The lowest BCUT2D eigenvalue weighted by atomic mass is 10.0. The Morgan fingerprint density at radius 2 is 1.82 bits per heavy atom. The van der Waals surface area contributed by atoms with Gasteiger partial charge in [0.1, 0.15) is 6.17 Å². The largest absolute Gasteiger partial charge is 0.490 e. The van der Waals surface area contributed by atoms with Gasteiger partial charge in [-0.1, -0.05) is 18.2 Å². The van der Waals surface area contributed by atoms with E-state index < -0.39 is 0 Å². The maximum atomic E-state index is 13.3. The maximum Gasteiger partial charge on any atom is 0.260 e. The van der Waals surface area contributed by atoms with Crippen molar-refractivity contribution in [2.45, 2.75) is 51.2 Å². The number of nitrogens with zero attached hydrogens (tertiary/aromatic N) is 2. The highest BCUT2D eigenvalue weighted by Gasteiger charge is 2.42. The summed E-state index contributed by atoms with van der Waals surface area (Å²) in [5.74, 6) is 1.20. The molecule has 2 aromatic carbocycles. The van der Waals surface area contributed by atoms with Gasteiger partial charge in [0.25, 0.3) is 11.8 Å². The van der Waals surface area contributed by atoms with Gasteiger partial charge in [-0.15, -0.1) is 0 Å². The summed E-state index contributed by atoms with van der Waals surface area (Å²) in [5.41, 5.74) is 2.49. The lowest BCUT2D eigenvalue weighted by Gasteiger charge is -2.38. The van der Waals surface area contributed by atoms with E-state index >= 15 is 0 Å². The van der Waals surface area contributed by atoms with E-state index in [9.17, 15) is 9.59 Å². The normalized spacial score (nSPS) is 20.2. The van der Waals surface area contributed by atoms with Crippen molar-refractivity contribution in [2.24, 2.45) is 0 Å². The van der Waals surface area contributed by atoms with Gasteiger partial charge in [0, 0.05) is 24.8 Å². The van der Waals surface area contributed by atoms with Crippen molar-refractivity contribution in [1.82, 2.24) is 9.80 Å². The summed E-state index contributed by atoms with van der Waals surface area (Å²) in [6.45, 7) is 4.01. The van der Waals surface area contributed by atoms with Crippen LogP contribution in [0, 0.1) is 0 Å². The fourth-order valence-corrected chi connectivity index (χ4v) is 4.70. The minimum absolute atomic E-state index is 0.00115. The smallest absolute Gasteiger partial charge is 0.260 e. The van der Waals surface area contributed by atoms with Crippen molar-refractivity contribution >= 4 is 17.5 Å². The highest BCUT2D eigenvalue weighted by molar-refractivity contribution is 6.02. The number of likely N-dealkylation sites (tertiary alicyclic amines) is 1. The van der Waals surface area contributed by atoms with Crippen LogP contribution in [0.1, 0.15) is 61.1 Å².